The number of likely N-dealkylation sites (tertiary alicyclic amines) is 2. The SMILES string of the molecule is CN1CCC2CCN(c3nc(N4CC5CCC(C4)N5)c4cc(Cl)c(-c5cc(OCN6CCC7(CC6)CCN(c6nc(N8CC9CCC(C8)N9)c8cc(Cl)c(-c9cc(O)cc%10ccccc9%10)c(F)c8n6)C7)cc6ccccc56)c(F)c4n3)CC21. The lowest BCUT2D eigenvalue weighted by Crippen LogP contribution is -2.51. The van der Waals surface area contributed by atoms with Crippen molar-refractivity contribution in [3.8, 4) is 33.8 Å². The topological polar surface area (TPSA) is 125 Å². The summed E-state index contributed by atoms with van der Waals surface area (Å²) in [6, 6.07) is 28.5. The maximum atomic E-state index is 18.0. The van der Waals surface area contributed by atoms with Gasteiger partial charge in [0.1, 0.15) is 40.9 Å². The molecule has 0 saturated carbocycles. The minimum absolute atomic E-state index is 0.0187. The van der Waals surface area contributed by atoms with Gasteiger partial charge in [0.15, 0.2) is 11.6 Å². The van der Waals surface area contributed by atoms with Crippen LogP contribution in [0.4, 0.5) is 32.3 Å². The van der Waals surface area contributed by atoms with Crippen LogP contribution in [0.3, 0.4) is 0 Å². The maximum absolute atomic E-state index is 18.0. The molecular weight excluding hydrogens is 1090 g/mol. The molecule has 0 aliphatic carbocycles. The zero-order valence-corrected chi connectivity index (χ0v) is 48.2. The predicted octanol–water partition coefficient (Wildman–Crippen LogP) is 11.2. The van der Waals surface area contributed by atoms with Crippen molar-refractivity contribution in [2.24, 2.45) is 11.3 Å². The fourth-order valence-electron chi connectivity index (χ4n) is 16.0. The number of nitrogens with one attached hydrogen (secondary N) is 2. The molecule has 2 aromatic heterocycles. The molecule has 83 heavy (non-hydrogen) atoms. The average Bonchev–Trinajstić information content (AvgIpc) is 4.42. The Morgan fingerprint density at radius 2 is 1.11 bits per heavy atom. The van der Waals surface area contributed by atoms with Crippen molar-refractivity contribution in [2.45, 2.75) is 88.0 Å². The molecule has 8 fully saturated rings. The van der Waals surface area contributed by atoms with Gasteiger partial charge in [0.2, 0.25) is 11.9 Å². The number of likely N-dealkylation sites (N-methyl/N-ethyl adjacent to an activating group) is 1. The number of benzene rings is 6. The molecule has 18 heteroatoms. The number of aromatic nitrogens is 4. The number of piperazine rings is 2. The van der Waals surface area contributed by atoms with Gasteiger partial charge in [-0.3, -0.25) is 4.90 Å². The number of rotatable bonds is 9. The highest BCUT2D eigenvalue weighted by molar-refractivity contribution is 6.35. The van der Waals surface area contributed by atoms with Crippen molar-refractivity contribution in [3.05, 3.63) is 107 Å². The van der Waals surface area contributed by atoms with Crippen molar-refractivity contribution in [2.75, 3.05) is 105 Å². The van der Waals surface area contributed by atoms with Crippen LogP contribution in [0.15, 0.2) is 84.9 Å². The van der Waals surface area contributed by atoms with Crippen LogP contribution in [0.1, 0.15) is 57.8 Å². The molecular formula is C65H68Cl2F2N12O2. The molecule has 6 atom stereocenters. The van der Waals surface area contributed by atoms with E-state index in [9.17, 15) is 5.11 Å². The number of fused-ring (bicyclic) bond motifs is 9. The molecule has 8 saturated heterocycles. The first-order chi connectivity index (χ1) is 40.4. The predicted molar refractivity (Wildman–Crippen MR) is 328 cm³/mol. The minimum atomic E-state index is -0.518. The lowest BCUT2D eigenvalue weighted by Gasteiger charge is -2.39. The number of phenols is 1. The summed E-state index contributed by atoms with van der Waals surface area (Å²) in [6.07, 6.45) is 9.56. The normalized spacial score (nSPS) is 25.3. The molecule has 8 aliphatic heterocycles. The Balaban J connectivity index is 0.671. The Morgan fingerprint density at radius 1 is 0.578 bits per heavy atom. The summed E-state index contributed by atoms with van der Waals surface area (Å²) in [5.74, 6) is 2.96. The Bertz CT molecular complexity index is 3900. The standard InChI is InChI=1S/C65H68Cl2F2N12O2/c1-76-19-14-37-15-20-78(34-54(37)76)63-72-59-50(61(74-63)80-30-40-10-11-41(31-80)70-40)29-53(67)56(58(59)69)49-27-45(25-39-7-3-5-9-47(39)49)83-36-77-21-16-65(17-22-77)18-23-79(35-65)64-73-60-51(62(75-64)81-32-42-12-13-43(33-81)71-42)28-52(66)55(57(60)68)48-26-44(82)24-38-6-2-4-8-46(38)48/h2-9,24-29,37,40-43,54,70-71,82H,10-23,30-36H2,1H3. The maximum Gasteiger partial charge on any atom is 0.228 e. The number of hydrogen-bond donors (Lipinski definition) is 3. The van der Waals surface area contributed by atoms with Crippen LogP contribution in [0, 0.1) is 23.0 Å². The first-order valence-corrected chi connectivity index (χ1v) is 30.9. The fraction of sp³-hybridized carbons (Fsp3) is 0.446. The molecule has 428 valence electrons. The molecule has 14 nitrogen and oxygen atoms in total. The second-order valence-electron chi connectivity index (χ2n) is 25.5. The lowest BCUT2D eigenvalue weighted by molar-refractivity contribution is 0.0576. The Kier molecular flexibility index (Phi) is 12.8. The summed E-state index contributed by atoms with van der Waals surface area (Å²) in [4.78, 5) is 34.9. The van der Waals surface area contributed by atoms with Gasteiger partial charge in [-0.1, -0.05) is 71.7 Å². The van der Waals surface area contributed by atoms with E-state index in [-0.39, 0.29) is 27.3 Å². The molecule has 0 amide bonds. The first kappa shape index (κ1) is 52.2. The van der Waals surface area contributed by atoms with E-state index in [0.717, 1.165) is 151 Å². The van der Waals surface area contributed by atoms with E-state index in [1.165, 1.54) is 6.42 Å². The number of ether oxygens (including phenoxy) is 1. The summed E-state index contributed by atoms with van der Waals surface area (Å²) in [5, 5.41) is 23.5. The molecule has 3 N–H and O–H groups in total. The largest absolute Gasteiger partial charge is 0.508 e. The van der Waals surface area contributed by atoms with Crippen molar-refractivity contribution < 1.29 is 18.6 Å². The smallest absolute Gasteiger partial charge is 0.228 e. The third kappa shape index (κ3) is 9.15. The van der Waals surface area contributed by atoms with E-state index in [0.29, 0.717) is 104 Å². The van der Waals surface area contributed by atoms with E-state index in [4.69, 9.17) is 47.9 Å². The average molecular weight is 1160 g/mol. The van der Waals surface area contributed by atoms with Crippen LogP contribution in [-0.2, 0) is 0 Å². The molecule has 0 radical (unpaired) electrons. The van der Waals surface area contributed by atoms with Gasteiger partial charge in [0, 0.05) is 118 Å². The van der Waals surface area contributed by atoms with Gasteiger partial charge in [-0.25, -0.2) is 18.7 Å². The molecule has 4 bridgehead atoms. The third-order valence-electron chi connectivity index (χ3n) is 20.4. The molecule has 8 aliphatic rings. The highest BCUT2D eigenvalue weighted by atomic mass is 35.5. The Hall–Kier alpha value is -6.40. The van der Waals surface area contributed by atoms with Crippen molar-refractivity contribution in [3.63, 3.8) is 0 Å². The molecule has 8 aromatic rings. The van der Waals surface area contributed by atoms with Crippen molar-refractivity contribution in [1.82, 2.24) is 40.4 Å². The van der Waals surface area contributed by atoms with Crippen LogP contribution in [0.2, 0.25) is 10.0 Å². The van der Waals surface area contributed by atoms with Gasteiger partial charge in [0.25, 0.3) is 0 Å². The van der Waals surface area contributed by atoms with Crippen LogP contribution in [0.25, 0.3) is 65.6 Å². The second-order valence-corrected chi connectivity index (χ2v) is 26.3. The highest BCUT2D eigenvalue weighted by Gasteiger charge is 2.44. The van der Waals surface area contributed by atoms with E-state index >= 15 is 8.78 Å². The van der Waals surface area contributed by atoms with Gasteiger partial charge in [-0.15, -0.1) is 0 Å². The number of aromatic hydroxyl groups is 1. The number of hydrogen-bond acceptors (Lipinski definition) is 14. The summed E-state index contributed by atoms with van der Waals surface area (Å²) in [5.41, 5.74) is 2.26. The van der Waals surface area contributed by atoms with Gasteiger partial charge >= 0.3 is 0 Å². The number of phenolic OH excluding ortho intramolecular Hbond substituents is 1. The monoisotopic (exact) mass is 1160 g/mol. The van der Waals surface area contributed by atoms with Crippen LogP contribution in [0.5, 0.6) is 11.5 Å². The number of halogens is 4. The Labute approximate surface area is 491 Å². The van der Waals surface area contributed by atoms with Crippen LogP contribution >= 0.6 is 23.2 Å². The summed E-state index contributed by atoms with van der Waals surface area (Å²) < 4.78 is 42.3. The zero-order chi connectivity index (χ0) is 55.8. The molecule has 10 heterocycles. The van der Waals surface area contributed by atoms with Gasteiger partial charge in [0.05, 0.1) is 10.0 Å². The molecule has 1 spiro atoms. The van der Waals surface area contributed by atoms with E-state index in [1.807, 2.05) is 72.8 Å². The minimum Gasteiger partial charge on any atom is -0.508 e. The number of anilines is 4. The van der Waals surface area contributed by atoms with E-state index in [2.05, 4.69) is 47.1 Å². The summed E-state index contributed by atoms with van der Waals surface area (Å²) in [7, 11) is 2.22. The van der Waals surface area contributed by atoms with E-state index in [1.54, 1.807) is 12.1 Å². The quantitative estimate of drug-likeness (QED) is 0.127. The Morgan fingerprint density at radius 3 is 1.71 bits per heavy atom. The number of nitrogens with zero attached hydrogens (tertiary/aromatic N) is 10. The third-order valence-corrected chi connectivity index (χ3v) is 21.0. The number of piperidine rings is 2. The first-order valence-electron chi connectivity index (χ1n) is 30.2. The van der Waals surface area contributed by atoms with Gasteiger partial charge in [-0.2, -0.15) is 9.97 Å². The lowest BCUT2D eigenvalue weighted by atomic mass is 9.78. The second kappa shape index (κ2) is 20.4. The molecule has 6 aromatic carbocycles. The van der Waals surface area contributed by atoms with E-state index < -0.39 is 11.6 Å². The molecule has 16 rings (SSSR count). The zero-order valence-electron chi connectivity index (χ0n) is 46.7. The van der Waals surface area contributed by atoms with Crippen molar-refractivity contribution >= 4 is 90.1 Å². The molecule has 6 unspecified atom stereocenters. The summed E-state index contributed by atoms with van der Waals surface area (Å²) in [6.45, 7) is 9.43. The van der Waals surface area contributed by atoms with Crippen LogP contribution < -0.4 is 35.0 Å². The van der Waals surface area contributed by atoms with Gasteiger partial charge in [-0.05, 0) is 152 Å². The van der Waals surface area contributed by atoms with Gasteiger partial charge < -0.3 is 45.0 Å². The van der Waals surface area contributed by atoms with Crippen molar-refractivity contribution in [1.29, 1.82) is 0 Å². The van der Waals surface area contributed by atoms with Crippen LogP contribution in [-0.4, -0.2) is 151 Å². The highest BCUT2D eigenvalue weighted by Crippen LogP contribution is 2.48. The summed E-state index contributed by atoms with van der Waals surface area (Å²) >= 11 is 14.5. The fourth-order valence-corrected chi connectivity index (χ4v) is 16.6.